The third kappa shape index (κ3) is 2.93. The van der Waals surface area contributed by atoms with Crippen LogP contribution < -0.4 is 10.6 Å². The lowest BCUT2D eigenvalue weighted by Gasteiger charge is -2.19. The maximum atomic E-state index is 5.67. The average molecular weight is 255 g/mol. The fraction of sp³-hybridized carbons (Fsp3) is 0.312. The van der Waals surface area contributed by atoms with Crippen LogP contribution in [0.4, 0.5) is 11.5 Å². The number of nitrogens with zero attached hydrogens (tertiary/aromatic N) is 2. The zero-order valence-electron chi connectivity index (χ0n) is 11.9. The first-order chi connectivity index (χ1) is 9.15. The van der Waals surface area contributed by atoms with Crippen molar-refractivity contribution in [2.24, 2.45) is 5.73 Å². The molecule has 0 fully saturated rings. The molecule has 2 aromatic rings. The van der Waals surface area contributed by atoms with E-state index in [0.717, 1.165) is 29.2 Å². The predicted molar refractivity (Wildman–Crippen MR) is 80.7 cm³/mol. The Bertz CT molecular complexity index is 546. The highest BCUT2D eigenvalue weighted by molar-refractivity contribution is 5.59. The molecule has 0 saturated heterocycles. The van der Waals surface area contributed by atoms with Gasteiger partial charge in [-0.2, -0.15) is 0 Å². The predicted octanol–water partition coefficient (Wildman–Crippen LogP) is 3.18. The zero-order valence-corrected chi connectivity index (χ0v) is 11.9. The lowest BCUT2D eigenvalue weighted by molar-refractivity contribution is 0.992. The Morgan fingerprint density at radius 1 is 1.11 bits per heavy atom. The van der Waals surface area contributed by atoms with Crippen molar-refractivity contribution in [1.29, 1.82) is 0 Å². The van der Waals surface area contributed by atoms with Crippen LogP contribution >= 0.6 is 0 Å². The first-order valence-corrected chi connectivity index (χ1v) is 6.65. The summed E-state index contributed by atoms with van der Waals surface area (Å²) in [5, 5.41) is 0. The monoisotopic (exact) mass is 255 g/mol. The third-order valence-corrected chi connectivity index (χ3v) is 3.48. The van der Waals surface area contributed by atoms with Crippen LogP contribution in [-0.4, -0.2) is 12.0 Å². The van der Waals surface area contributed by atoms with Crippen molar-refractivity contribution in [2.75, 3.05) is 11.9 Å². The highest BCUT2D eigenvalue weighted by atomic mass is 15.2. The van der Waals surface area contributed by atoms with E-state index in [0.29, 0.717) is 6.54 Å². The van der Waals surface area contributed by atoms with Crippen molar-refractivity contribution < 1.29 is 0 Å². The Morgan fingerprint density at radius 3 is 2.32 bits per heavy atom. The van der Waals surface area contributed by atoms with Gasteiger partial charge >= 0.3 is 0 Å². The van der Waals surface area contributed by atoms with E-state index in [9.17, 15) is 0 Å². The minimum atomic E-state index is 0.536. The normalized spacial score (nSPS) is 10.5. The largest absolute Gasteiger partial charge is 0.329 e. The van der Waals surface area contributed by atoms with Gasteiger partial charge in [0.15, 0.2) is 0 Å². The van der Waals surface area contributed by atoms with Crippen molar-refractivity contribution in [3.63, 3.8) is 0 Å². The molecule has 19 heavy (non-hydrogen) atoms. The molecule has 0 saturated carbocycles. The van der Waals surface area contributed by atoms with Crippen molar-refractivity contribution in [1.82, 2.24) is 4.98 Å². The summed E-state index contributed by atoms with van der Waals surface area (Å²) in [4.78, 5) is 6.70. The van der Waals surface area contributed by atoms with Crippen LogP contribution in [0.5, 0.6) is 0 Å². The highest BCUT2D eigenvalue weighted by Crippen LogP contribution is 2.23. The summed E-state index contributed by atoms with van der Waals surface area (Å²) < 4.78 is 0. The van der Waals surface area contributed by atoms with E-state index in [1.807, 2.05) is 20.0 Å². The van der Waals surface area contributed by atoms with Crippen LogP contribution in [0.25, 0.3) is 0 Å². The molecule has 0 amide bonds. The summed E-state index contributed by atoms with van der Waals surface area (Å²) in [5.41, 5.74) is 10.2. The van der Waals surface area contributed by atoms with E-state index in [1.54, 1.807) is 0 Å². The van der Waals surface area contributed by atoms with Crippen LogP contribution in [0, 0.1) is 6.92 Å². The van der Waals surface area contributed by atoms with Crippen LogP contribution in [-0.2, 0) is 13.0 Å². The minimum Gasteiger partial charge on any atom is -0.329 e. The number of hydrogen-bond acceptors (Lipinski definition) is 3. The molecule has 1 heterocycles. The Hall–Kier alpha value is -1.87. The maximum absolute atomic E-state index is 5.67. The van der Waals surface area contributed by atoms with Gasteiger partial charge in [0.05, 0.1) is 0 Å². The van der Waals surface area contributed by atoms with Crippen LogP contribution in [0.15, 0.2) is 36.4 Å². The molecule has 0 aliphatic rings. The van der Waals surface area contributed by atoms with E-state index >= 15 is 0 Å². The van der Waals surface area contributed by atoms with Gasteiger partial charge in [0.2, 0.25) is 0 Å². The summed E-state index contributed by atoms with van der Waals surface area (Å²) in [7, 11) is 2.03. The molecule has 2 N–H and O–H groups in total. The van der Waals surface area contributed by atoms with Gasteiger partial charge < -0.3 is 10.6 Å². The number of pyridine rings is 1. The van der Waals surface area contributed by atoms with E-state index in [2.05, 4.69) is 47.1 Å². The molecule has 1 aromatic carbocycles. The van der Waals surface area contributed by atoms with E-state index in [4.69, 9.17) is 5.73 Å². The summed E-state index contributed by atoms with van der Waals surface area (Å²) in [5.74, 6) is 0.943. The van der Waals surface area contributed by atoms with Crippen LogP contribution in [0.2, 0.25) is 0 Å². The second-order valence-electron chi connectivity index (χ2n) is 4.70. The Labute approximate surface area is 115 Å². The summed E-state index contributed by atoms with van der Waals surface area (Å²) in [6.07, 6.45) is 1.06. The van der Waals surface area contributed by atoms with Gasteiger partial charge in [-0.15, -0.1) is 0 Å². The van der Waals surface area contributed by atoms with Gasteiger partial charge in [-0.25, -0.2) is 4.98 Å². The number of hydrogen-bond donors (Lipinski definition) is 1. The lowest BCUT2D eigenvalue weighted by Crippen LogP contribution is -2.12. The Balaban J connectivity index is 2.27. The molecular weight excluding hydrogens is 234 g/mol. The standard InChI is InChI=1S/C16H21N3/c1-4-13-5-8-15(9-6-13)19(3)16-10-7-14(11-17)12(2)18-16/h5-10H,4,11,17H2,1-3H3. The number of benzene rings is 1. The average Bonchev–Trinajstić information content (AvgIpc) is 2.46. The van der Waals surface area contributed by atoms with E-state index < -0.39 is 0 Å². The number of aromatic nitrogens is 1. The molecule has 0 radical (unpaired) electrons. The summed E-state index contributed by atoms with van der Waals surface area (Å²) >= 11 is 0. The Morgan fingerprint density at radius 2 is 1.79 bits per heavy atom. The molecule has 0 spiro atoms. The van der Waals surface area contributed by atoms with Gasteiger partial charge in [0, 0.05) is 25.0 Å². The van der Waals surface area contributed by atoms with E-state index in [-0.39, 0.29) is 0 Å². The molecule has 0 aliphatic carbocycles. The number of aryl methyl sites for hydroxylation is 2. The van der Waals surface area contributed by atoms with Gasteiger partial charge in [0.1, 0.15) is 5.82 Å². The van der Waals surface area contributed by atoms with E-state index in [1.165, 1.54) is 5.56 Å². The summed E-state index contributed by atoms with van der Waals surface area (Å²) in [6.45, 7) is 4.70. The number of nitrogens with two attached hydrogens (primary N) is 1. The number of rotatable bonds is 4. The molecule has 0 aliphatic heterocycles. The van der Waals surface area contributed by atoms with Gasteiger partial charge in [-0.1, -0.05) is 25.1 Å². The van der Waals surface area contributed by atoms with Crippen molar-refractivity contribution >= 4 is 11.5 Å². The molecule has 100 valence electrons. The van der Waals surface area contributed by atoms with Crippen LogP contribution in [0.1, 0.15) is 23.7 Å². The first kappa shape index (κ1) is 13.6. The molecular formula is C16H21N3. The Kier molecular flexibility index (Phi) is 4.17. The lowest BCUT2D eigenvalue weighted by atomic mass is 10.1. The maximum Gasteiger partial charge on any atom is 0.132 e. The topological polar surface area (TPSA) is 42.1 Å². The fourth-order valence-electron chi connectivity index (χ4n) is 2.07. The van der Waals surface area contributed by atoms with Gasteiger partial charge in [0.25, 0.3) is 0 Å². The SMILES string of the molecule is CCc1ccc(N(C)c2ccc(CN)c(C)n2)cc1. The molecule has 0 unspecified atom stereocenters. The highest BCUT2D eigenvalue weighted by Gasteiger charge is 2.07. The van der Waals surface area contributed by atoms with Crippen LogP contribution in [0.3, 0.4) is 0 Å². The zero-order chi connectivity index (χ0) is 13.8. The fourth-order valence-corrected chi connectivity index (χ4v) is 2.07. The molecule has 1 aromatic heterocycles. The second-order valence-corrected chi connectivity index (χ2v) is 4.70. The van der Waals surface area contributed by atoms with Gasteiger partial charge in [-0.05, 0) is 42.7 Å². The quantitative estimate of drug-likeness (QED) is 0.912. The summed E-state index contributed by atoms with van der Waals surface area (Å²) in [6, 6.07) is 12.6. The van der Waals surface area contributed by atoms with Crippen molar-refractivity contribution in [3.05, 3.63) is 53.2 Å². The first-order valence-electron chi connectivity index (χ1n) is 6.65. The molecule has 0 atom stereocenters. The van der Waals surface area contributed by atoms with Crippen molar-refractivity contribution in [2.45, 2.75) is 26.8 Å². The van der Waals surface area contributed by atoms with Crippen molar-refractivity contribution in [3.8, 4) is 0 Å². The third-order valence-electron chi connectivity index (χ3n) is 3.48. The number of anilines is 2. The van der Waals surface area contributed by atoms with Gasteiger partial charge in [-0.3, -0.25) is 0 Å². The smallest absolute Gasteiger partial charge is 0.132 e. The molecule has 3 heteroatoms. The minimum absolute atomic E-state index is 0.536. The molecule has 3 nitrogen and oxygen atoms in total. The molecule has 0 bridgehead atoms. The second kappa shape index (κ2) is 5.85. The molecule has 2 rings (SSSR count).